The minimum Gasteiger partial charge on any atom is -0.478 e. The van der Waals surface area contributed by atoms with Gasteiger partial charge in [-0.3, -0.25) is 0 Å². The normalized spacial score (nSPS) is 33.9. The van der Waals surface area contributed by atoms with Crippen LogP contribution in [0.1, 0.15) is 75.2 Å². The van der Waals surface area contributed by atoms with Gasteiger partial charge in [-0.2, -0.15) is 0 Å². The fraction of sp³-hybridized carbons (Fsp3) is 0.593. The molecule has 3 aliphatic rings. The van der Waals surface area contributed by atoms with E-state index >= 15 is 0 Å². The standard InChI is InChI=1S/C27H34Br2O3/c1-16-5-9-23(28)26(2,3)20(16)11-12-27(4)21-14-19-13-17(25(30)31)6-8-22(19)32-15-18(21)7-10-24(27)29/h6,8,13,15,20-21,23-24H,1,5,7,9-12,14H2,2-4H3,(H,30,31). The first-order valence-corrected chi connectivity index (χ1v) is 13.5. The summed E-state index contributed by atoms with van der Waals surface area (Å²) in [6, 6.07) is 5.24. The highest BCUT2D eigenvalue weighted by atomic mass is 79.9. The Labute approximate surface area is 209 Å². The third kappa shape index (κ3) is 4.24. The molecule has 2 saturated carbocycles. The number of aromatic carboxylic acids is 1. The molecule has 174 valence electrons. The number of hydrogen-bond acceptors (Lipinski definition) is 2. The van der Waals surface area contributed by atoms with Gasteiger partial charge in [-0.1, -0.05) is 64.8 Å². The zero-order valence-electron chi connectivity index (χ0n) is 19.3. The summed E-state index contributed by atoms with van der Waals surface area (Å²) >= 11 is 8.01. The van der Waals surface area contributed by atoms with Crippen LogP contribution in [-0.2, 0) is 6.42 Å². The number of carboxylic acid groups (broad SMARTS) is 1. The van der Waals surface area contributed by atoms with Crippen LogP contribution in [0.25, 0.3) is 0 Å². The predicted octanol–water partition coefficient (Wildman–Crippen LogP) is 7.92. The zero-order valence-corrected chi connectivity index (χ0v) is 22.5. The van der Waals surface area contributed by atoms with Crippen LogP contribution in [0.3, 0.4) is 0 Å². The van der Waals surface area contributed by atoms with Gasteiger partial charge in [-0.25, -0.2) is 4.79 Å². The van der Waals surface area contributed by atoms with Gasteiger partial charge >= 0.3 is 5.97 Å². The van der Waals surface area contributed by atoms with Crippen molar-refractivity contribution in [1.29, 1.82) is 0 Å². The van der Waals surface area contributed by atoms with Gasteiger partial charge in [0.2, 0.25) is 0 Å². The van der Waals surface area contributed by atoms with Gasteiger partial charge in [0.05, 0.1) is 11.8 Å². The Balaban J connectivity index is 1.63. The maximum atomic E-state index is 11.6. The fourth-order valence-electron chi connectivity index (χ4n) is 6.26. The second-order valence-corrected chi connectivity index (χ2v) is 13.0. The zero-order chi connectivity index (χ0) is 23.3. The molecule has 2 fully saturated rings. The molecule has 0 spiro atoms. The van der Waals surface area contributed by atoms with Crippen LogP contribution >= 0.6 is 31.9 Å². The Morgan fingerprint density at radius 3 is 2.62 bits per heavy atom. The van der Waals surface area contributed by atoms with E-state index < -0.39 is 5.97 Å². The molecule has 1 aliphatic heterocycles. The summed E-state index contributed by atoms with van der Waals surface area (Å²) in [4.78, 5) is 12.5. The number of alkyl halides is 2. The minimum atomic E-state index is -0.891. The largest absolute Gasteiger partial charge is 0.478 e. The van der Waals surface area contributed by atoms with Gasteiger partial charge in [0.1, 0.15) is 5.75 Å². The molecule has 5 unspecified atom stereocenters. The highest BCUT2D eigenvalue weighted by Gasteiger charge is 2.48. The molecule has 5 atom stereocenters. The monoisotopic (exact) mass is 564 g/mol. The first kappa shape index (κ1) is 24.1. The summed E-state index contributed by atoms with van der Waals surface area (Å²) in [6.07, 6.45) is 9.37. The summed E-state index contributed by atoms with van der Waals surface area (Å²) in [6.45, 7) is 11.6. The molecule has 0 radical (unpaired) electrons. The third-order valence-corrected chi connectivity index (χ3v) is 11.7. The van der Waals surface area contributed by atoms with Crippen molar-refractivity contribution in [3.63, 3.8) is 0 Å². The summed E-state index contributed by atoms with van der Waals surface area (Å²) < 4.78 is 6.05. The van der Waals surface area contributed by atoms with Crippen molar-refractivity contribution in [2.75, 3.05) is 0 Å². The molecule has 4 rings (SSSR count). The van der Waals surface area contributed by atoms with Crippen molar-refractivity contribution in [3.8, 4) is 5.75 Å². The van der Waals surface area contributed by atoms with Crippen LogP contribution < -0.4 is 4.74 Å². The van der Waals surface area contributed by atoms with Gasteiger partial charge in [0.15, 0.2) is 0 Å². The van der Waals surface area contributed by atoms with Gasteiger partial charge < -0.3 is 9.84 Å². The SMILES string of the molecule is C=C1CCC(Br)C(C)(C)C1CCC1(C)C(Br)CCC2=COc3ccc(C(=O)O)cc3CC21. The average molecular weight is 566 g/mol. The lowest BCUT2D eigenvalue weighted by atomic mass is 9.58. The molecule has 0 bridgehead atoms. The summed E-state index contributed by atoms with van der Waals surface area (Å²) in [5, 5.41) is 9.48. The lowest BCUT2D eigenvalue weighted by Crippen LogP contribution is -2.44. The Kier molecular flexibility index (Phi) is 6.72. The molecule has 32 heavy (non-hydrogen) atoms. The lowest BCUT2D eigenvalue weighted by Gasteiger charge is -2.49. The van der Waals surface area contributed by atoms with E-state index in [1.807, 2.05) is 6.26 Å². The fourth-order valence-corrected chi connectivity index (χ4v) is 7.58. The molecular weight excluding hydrogens is 532 g/mol. The number of hydrogen-bond donors (Lipinski definition) is 1. The van der Waals surface area contributed by atoms with Crippen molar-refractivity contribution < 1.29 is 14.6 Å². The van der Waals surface area contributed by atoms with Crippen LogP contribution in [0, 0.1) is 22.7 Å². The quantitative estimate of drug-likeness (QED) is 0.298. The van der Waals surface area contributed by atoms with E-state index in [1.54, 1.807) is 18.2 Å². The molecule has 2 aliphatic carbocycles. The molecule has 1 aromatic carbocycles. The number of carboxylic acids is 1. The van der Waals surface area contributed by atoms with Crippen LogP contribution in [0.5, 0.6) is 5.75 Å². The number of benzene rings is 1. The highest BCUT2D eigenvalue weighted by molar-refractivity contribution is 9.09. The first-order chi connectivity index (χ1) is 15.0. The Bertz CT molecular complexity index is 950. The molecule has 1 aromatic rings. The van der Waals surface area contributed by atoms with E-state index in [9.17, 15) is 9.90 Å². The molecule has 0 amide bonds. The van der Waals surface area contributed by atoms with Crippen molar-refractivity contribution in [2.45, 2.75) is 75.4 Å². The lowest BCUT2D eigenvalue weighted by molar-refractivity contribution is 0.0696. The van der Waals surface area contributed by atoms with Crippen molar-refractivity contribution in [1.82, 2.24) is 0 Å². The van der Waals surface area contributed by atoms with Gasteiger partial charge in [0.25, 0.3) is 0 Å². The van der Waals surface area contributed by atoms with Gasteiger partial charge in [-0.05, 0) is 96.9 Å². The van der Waals surface area contributed by atoms with E-state index in [0.717, 1.165) is 56.3 Å². The Morgan fingerprint density at radius 2 is 1.91 bits per heavy atom. The van der Waals surface area contributed by atoms with E-state index in [2.05, 4.69) is 59.2 Å². The predicted molar refractivity (Wildman–Crippen MR) is 137 cm³/mol. The maximum absolute atomic E-state index is 11.6. The maximum Gasteiger partial charge on any atom is 0.335 e. The van der Waals surface area contributed by atoms with Gasteiger partial charge in [0, 0.05) is 9.65 Å². The van der Waals surface area contributed by atoms with Crippen LogP contribution in [0.15, 0.2) is 42.2 Å². The molecule has 1 N–H and O–H groups in total. The Morgan fingerprint density at radius 1 is 1.19 bits per heavy atom. The van der Waals surface area contributed by atoms with E-state index in [4.69, 9.17) is 4.74 Å². The summed E-state index contributed by atoms with van der Waals surface area (Å²) in [5.41, 5.74) is 4.33. The van der Waals surface area contributed by atoms with E-state index in [-0.39, 0.29) is 10.8 Å². The smallest absolute Gasteiger partial charge is 0.335 e. The van der Waals surface area contributed by atoms with Crippen molar-refractivity contribution in [3.05, 3.63) is 53.3 Å². The molecule has 3 nitrogen and oxygen atoms in total. The van der Waals surface area contributed by atoms with Crippen LogP contribution in [0.2, 0.25) is 0 Å². The second kappa shape index (κ2) is 8.94. The number of fused-ring (bicyclic) bond motifs is 2. The minimum absolute atomic E-state index is 0.0594. The molecule has 5 heteroatoms. The molecule has 0 saturated heterocycles. The number of ether oxygens (including phenoxy) is 1. The topological polar surface area (TPSA) is 46.5 Å². The highest BCUT2D eigenvalue weighted by Crippen LogP contribution is 2.56. The molecule has 1 heterocycles. The number of halogens is 2. The van der Waals surface area contributed by atoms with E-state index in [0.29, 0.717) is 27.1 Å². The summed E-state index contributed by atoms with van der Waals surface area (Å²) in [7, 11) is 0. The molecular formula is C27H34Br2O3. The van der Waals surface area contributed by atoms with Crippen molar-refractivity contribution >= 4 is 37.8 Å². The second-order valence-electron chi connectivity index (χ2n) is 10.8. The summed E-state index contributed by atoms with van der Waals surface area (Å²) in [5.74, 6) is 0.719. The number of rotatable bonds is 4. The molecule has 0 aromatic heterocycles. The Hall–Kier alpha value is -1.07. The average Bonchev–Trinajstić information content (AvgIpc) is 2.93. The van der Waals surface area contributed by atoms with Crippen molar-refractivity contribution in [2.24, 2.45) is 22.7 Å². The van der Waals surface area contributed by atoms with Crippen LogP contribution in [-0.4, -0.2) is 20.7 Å². The van der Waals surface area contributed by atoms with E-state index in [1.165, 1.54) is 11.1 Å². The first-order valence-electron chi connectivity index (χ1n) is 11.7. The van der Waals surface area contributed by atoms with Gasteiger partial charge in [-0.15, -0.1) is 0 Å². The number of allylic oxidation sites excluding steroid dienone is 2. The third-order valence-electron chi connectivity index (χ3n) is 8.60. The van der Waals surface area contributed by atoms with Crippen LogP contribution in [0.4, 0.5) is 0 Å². The number of carbonyl (C=O) groups is 1.